The maximum Gasteiger partial charge on any atom is 0.257 e. The van der Waals surface area contributed by atoms with Gasteiger partial charge < -0.3 is 11.1 Å². The van der Waals surface area contributed by atoms with Crippen LogP contribution in [-0.4, -0.2) is 15.7 Å². The lowest BCUT2D eigenvalue weighted by atomic mass is 10.2. The van der Waals surface area contributed by atoms with Gasteiger partial charge in [-0.15, -0.1) is 0 Å². The van der Waals surface area contributed by atoms with E-state index in [4.69, 9.17) is 17.3 Å². The number of aryl methyl sites for hydroxylation is 2. The van der Waals surface area contributed by atoms with Crippen molar-refractivity contribution in [3.05, 3.63) is 40.7 Å². The Hall–Kier alpha value is -2.01. The van der Waals surface area contributed by atoms with E-state index in [1.165, 1.54) is 0 Å². The second-order valence-corrected chi connectivity index (χ2v) is 4.40. The van der Waals surface area contributed by atoms with Crippen LogP contribution in [0.25, 0.3) is 0 Å². The van der Waals surface area contributed by atoms with Crippen molar-refractivity contribution in [1.29, 1.82) is 0 Å². The van der Waals surface area contributed by atoms with Crippen LogP contribution in [0.3, 0.4) is 0 Å². The summed E-state index contributed by atoms with van der Waals surface area (Å²) < 4.78 is 1.63. The molecule has 0 aliphatic carbocycles. The molecular weight excluding hydrogens is 252 g/mol. The molecule has 1 aromatic heterocycles. The van der Waals surface area contributed by atoms with E-state index in [0.717, 1.165) is 5.69 Å². The number of nitrogens with two attached hydrogens (primary N) is 1. The number of nitrogens with zero attached hydrogens (tertiary/aromatic N) is 2. The predicted molar refractivity (Wildman–Crippen MR) is 71.8 cm³/mol. The molecule has 1 heterocycles. The van der Waals surface area contributed by atoms with Gasteiger partial charge in [-0.05, 0) is 25.1 Å². The fourth-order valence-corrected chi connectivity index (χ4v) is 1.83. The summed E-state index contributed by atoms with van der Waals surface area (Å²) in [7, 11) is 1.79. The average Bonchev–Trinajstić information content (AvgIpc) is 2.61. The molecule has 18 heavy (non-hydrogen) atoms. The molecule has 0 saturated carbocycles. The molecule has 0 radical (unpaired) electrons. The van der Waals surface area contributed by atoms with Crippen LogP contribution in [0.2, 0.25) is 5.02 Å². The number of carbonyl (C=O) groups is 1. The number of hydrogen-bond donors (Lipinski definition) is 2. The van der Waals surface area contributed by atoms with E-state index in [2.05, 4.69) is 10.4 Å². The molecular formula is C12H13ClN4O. The van der Waals surface area contributed by atoms with Gasteiger partial charge in [-0.25, -0.2) is 0 Å². The Bertz CT molecular complexity index is 606. The second kappa shape index (κ2) is 4.70. The summed E-state index contributed by atoms with van der Waals surface area (Å²) in [5.74, 6) is -0.302. The number of rotatable bonds is 2. The van der Waals surface area contributed by atoms with Gasteiger partial charge in [0.1, 0.15) is 0 Å². The van der Waals surface area contributed by atoms with Crippen molar-refractivity contribution in [3.8, 4) is 0 Å². The topological polar surface area (TPSA) is 72.9 Å². The van der Waals surface area contributed by atoms with Gasteiger partial charge in [-0.3, -0.25) is 9.48 Å². The highest BCUT2D eigenvalue weighted by atomic mass is 35.5. The first-order valence-electron chi connectivity index (χ1n) is 5.34. The van der Waals surface area contributed by atoms with Gasteiger partial charge in [0, 0.05) is 18.9 Å². The van der Waals surface area contributed by atoms with Crippen LogP contribution < -0.4 is 11.1 Å². The highest BCUT2D eigenvalue weighted by Gasteiger charge is 2.13. The molecule has 2 aromatic rings. The van der Waals surface area contributed by atoms with E-state index in [1.54, 1.807) is 36.1 Å². The molecule has 0 aliphatic heterocycles. The van der Waals surface area contributed by atoms with Crippen LogP contribution in [0.15, 0.2) is 24.4 Å². The number of carbonyl (C=O) groups excluding carboxylic acids is 1. The minimum Gasteiger partial charge on any atom is -0.399 e. The Morgan fingerprint density at radius 2 is 2.22 bits per heavy atom. The smallest absolute Gasteiger partial charge is 0.257 e. The third kappa shape index (κ3) is 2.46. The van der Waals surface area contributed by atoms with E-state index in [1.807, 2.05) is 6.92 Å². The van der Waals surface area contributed by atoms with Gasteiger partial charge >= 0.3 is 0 Å². The number of anilines is 2. The molecule has 3 N–H and O–H groups in total. The molecule has 5 nitrogen and oxygen atoms in total. The maximum absolute atomic E-state index is 12.1. The molecule has 1 amide bonds. The number of halogens is 1. The van der Waals surface area contributed by atoms with E-state index >= 15 is 0 Å². The van der Waals surface area contributed by atoms with Crippen LogP contribution in [0, 0.1) is 6.92 Å². The zero-order valence-electron chi connectivity index (χ0n) is 10.1. The van der Waals surface area contributed by atoms with Crippen LogP contribution in [-0.2, 0) is 7.05 Å². The van der Waals surface area contributed by atoms with Crippen molar-refractivity contribution in [2.45, 2.75) is 6.92 Å². The Morgan fingerprint density at radius 3 is 2.83 bits per heavy atom. The van der Waals surface area contributed by atoms with Gasteiger partial charge in [0.05, 0.1) is 22.0 Å². The van der Waals surface area contributed by atoms with E-state index in [9.17, 15) is 4.79 Å². The number of amides is 1. The van der Waals surface area contributed by atoms with E-state index < -0.39 is 0 Å². The number of benzene rings is 1. The molecule has 0 atom stereocenters. The monoisotopic (exact) mass is 264 g/mol. The van der Waals surface area contributed by atoms with E-state index in [-0.39, 0.29) is 5.91 Å². The van der Waals surface area contributed by atoms with Crippen LogP contribution in [0.1, 0.15) is 16.1 Å². The SMILES string of the molecule is Cc1nn(C)cc1NC(=O)c1cc(N)ccc1Cl. The molecule has 0 bridgehead atoms. The molecule has 94 valence electrons. The summed E-state index contributed by atoms with van der Waals surface area (Å²) in [4.78, 5) is 12.1. The third-order valence-corrected chi connectivity index (χ3v) is 2.83. The lowest BCUT2D eigenvalue weighted by Crippen LogP contribution is -2.13. The van der Waals surface area contributed by atoms with Crippen molar-refractivity contribution in [2.24, 2.45) is 7.05 Å². The van der Waals surface area contributed by atoms with Crippen molar-refractivity contribution in [1.82, 2.24) is 9.78 Å². The zero-order valence-corrected chi connectivity index (χ0v) is 10.8. The van der Waals surface area contributed by atoms with Crippen molar-refractivity contribution < 1.29 is 4.79 Å². The minimum absolute atomic E-state index is 0.302. The molecule has 0 aliphatic rings. The average molecular weight is 265 g/mol. The number of aromatic nitrogens is 2. The summed E-state index contributed by atoms with van der Waals surface area (Å²) in [5, 5.41) is 7.26. The van der Waals surface area contributed by atoms with Gasteiger partial charge in [0.25, 0.3) is 5.91 Å². The Labute approximate surface area is 110 Å². The quantitative estimate of drug-likeness (QED) is 0.817. The van der Waals surface area contributed by atoms with Crippen LogP contribution >= 0.6 is 11.6 Å². The number of nitrogen functional groups attached to an aromatic ring is 1. The first-order valence-corrected chi connectivity index (χ1v) is 5.72. The van der Waals surface area contributed by atoms with Crippen molar-refractivity contribution >= 4 is 28.9 Å². The predicted octanol–water partition coefficient (Wildman–Crippen LogP) is 2.22. The fourth-order valence-electron chi connectivity index (χ4n) is 1.63. The Kier molecular flexibility index (Phi) is 3.25. The highest BCUT2D eigenvalue weighted by Crippen LogP contribution is 2.21. The lowest BCUT2D eigenvalue weighted by Gasteiger charge is -2.06. The Morgan fingerprint density at radius 1 is 1.50 bits per heavy atom. The van der Waals surface area contributed by atoms with Crippen molar-refractivity contribution in [3.63, 3.8) is 0 Å². The van der Waals surface area contributed by atoms with Crippen molar-refractivity contribution in [2.75, 3.05) is 11.1 Å². The van der Waals surface area contributed by atoms with Gasteiger partial charge in [-0.1, -0.05) is 11.6 Å². The zero-order chi connectivity index (χ0) is 13.3. The number of nitrogens with one attached hydrogen (secondary N) is 1. The normalized spacial score (nSPS) is 10.4. The van der Waals surface area contributed by atoms with Gasteiger partial charge in [-0.2, -0.15) is 5.10 Å². The first kappa shape index (κ1) is 12.4. The summed E-state index contributed by atoms with van der Waals surface area (Å²) in [6, 6.07) is 4.79. The minimum atomic E-state index is -0.302. The second-order valence-electron chi connectivity index (χ2n) is 4.00. The maximum atomic E-state index is 12.1. The van der Waals surface area contributed by atoms with Gasteiger partial charge in [0.2, 0.25) is 0 Å². The molecule has 0 unspecified atom stereocenters. The van der Waals surface area contributed by atoms with Gasteiger partial charge in [0.15, 0.2) is 0 Å². The fraction of sp³-hybridized carbons (Fsp3) is 0.167. The standard InChI is InChI=1S/C12H13ClN4O/c1-7-11(6-17(2)16-7)15-12(18)9-5-8(14)3-4-10(9)13/h3-6H,14H2,1-2H3,(H,15,18). The highest BCUT2D eigenvalue weighted by molar-refractivity contribution is 6.34. The first-order chi connectivity index (χ1) is 8.47. The summed E-state index contributed by atoms with van der Waals surface area (Å²) in [5.41, 5.74) is 7.87. The third-order valence-electron chi connectivity index (χ3n) is 2.50. The van der Waals surface area contributed by atoms with E-state index in [0.29, 0.717) is 22.0 Å². The molecule has 1 aromatic carbocycles. The molecule has 0 fully saturated rings. The largest absolute Gasteiger partial charge is 0.399 e. The summed E-state index contributed by atoms with van der Waals surface area (Å²) >= 11 is 5.97. The molecule has 0 saturated heterocycles. The summed E-state index contributed by atoms with van der Waals surface area (Å²) in [6.45, 7) is 1.82. The summed E-state index contributed by atoms with van der Waals surface area (Å²) in [6.07, 6.45) is 1.73. The van der Waals surface area contributed by atoms with Crippen LogP contribution in [0.4, 0.5) is 11.4 Å². The van der Waals surface area contributed by atoms with Crippen LogP contribution in [0.5, 0.6) is 0 Å². The Balaban J connectivity index is 2.27. The molecule has 6 heteroatoms. The molecule has 0 spiro atoms. The number of hydrogen-bond acceptors (Lipinski definition) is 3. The molecule has 2 rings (SSSR count). The lowest BCUT2D eigenvalue weighted by molar-refractivity contribution is 0.102.